The lowest BCUT2D eigenvalue weighted by atomic mass is 9.94. The highest BCUT2D eigenvalue weighted by Crippen LogP contribution is 2.40. The Labute approximate surface area is 156 Å². The molecule has 1 unspecified atom stereocenters. The van der Waals surface area contributed by atoms with Crippen molar-refractivity contribution in [2.45, 2.75) is 16.6 Å². The number of aliphatic hydroxyl groups excluding tert-OH is 1. The van der Waals surface area contributed by atoms with Crippen LogP contribution >= 0.6 is 11.8 Å². The summed E-state index contributed by atoms with van der Waals surface area (Å²) in [4.78, 5) is 13.3. The first-order valence-corrected chi connectivity index (χ1v) is 9.79. The molecule has 1 atom stereocenters. The van der Waals surface area contributed by atoms with Crippen molar-refractivity contribution < 1.29 is 35.8 Å². The minimum absolute atomic E-state index is 0.0560. The number of carbonyl (C=O) groups is 1. The highest BCUT2D eigenvalue weighted by Gasteiger charge is 2.51. The molecule has 0 radical (unpaired) electrons. The van der Waals surface area contributed by atoms with Gasteiger partial charge >= 0.3 is 15.6 Å². The van der Waals surface area contributed by atoms with Crippen LogP contribution in [0, 0.1) is 0 Å². The van der Waals surface area contributed by atoms with E-state index in [0.717, 1.165) is 4.90 Å². The number of hydroxylamine groups is 2. The third kappa shape index (κ3) is 3.31. The summed E-state index contributed by atoms with van der Waals surface area (Å²) >= 11 is 1.42. The van der Waals surface area contributed by atoms with Crippen molar-refractivity contribution in [3.8, 4) is 0 Å². The van der Waals surface area contributed by atoms with E-state index in [4.69, 9.17) is 0 Å². The first-order valence-electron chi connectivity index (χ1n) is 7.40. The molecule has 1 amide bonds. The molecule has 3 rings (SSSR count). The van der Waals surface area contributed by atoms with Gasteiger partial charge in [-0.25, -0.2) is 0 Å². The third-order valence-electron chi connectivity index (χ3n) is 3.78. The highest BCUT2D eigenvalue weighted by atomic mass is 32.2. The van der Waals surface area contributed by atoms with Crippen molar-refractivity contribution >= 4 is 38.6 Å². The van der Waals surface area contributed by atoms with E-state index in [9.17, 15) is 31.5 Å². The van der Waals surface area contributed by atoms with Crippen LogP contribution in [0.3, 0.4) is 0 Å². The number of hydrogen-bond donors (Lipinski definition) is 1. The maximum atomic E-state index is 12.6. The summed E-state index contributed by atoms with van der Waals surface area (Å²) < 4.78 is 64.2. The van der Waals surface area contributed by atoms with Crippen LogP contribution in [0.15, 0.2) is 47.9 Å². The Morgan fingerprint density at radius 2 is 2.00 bits per heavy atom. The van der Waals surface area contributed by atoms with E-state index in [0.29, 0.717) is 16.5 Å². The summed E-state index contributed by atoms with van der Waals surface area (Å²) in [5, 5.41) is 11.1. The van der Waals surface area contributed by atoms with Gasteiger partial charge in [0.1, 0.15) is 0 Å². The molecular weight excluding hydrogens is 407 g/mol. The van der Waals surface area contributed by atoms with Crippen LogP contribution in [0.2, 0.25) is 0 Å². The Hall–Kier alpha value is -2.08. The first kappa shape index (κ1) is 19.7. The van der Waals surface area contributed by atoms with Crippen LogP contribution in [0.5, 0.6) is 0 Å². The molecule has 0 spiro atoms. The van der Waals surface area contributed by atoms with Gasteiger partial charge in [0.15, 0.2) is 6.23 Å². The van der Waals surface area contributed by atoms with E-state index in [2.05, 4.69) is 10.9 Å². The molecule has 0 bridgehead atoms. The molecule has 1 aliphatic rings. The molecule has 2 aromatic rings. The van der Waals surface area contributed by atoms with E-state index in [1.165, 1.54) is 30.0 Å². The van der Waals surface area contributed by atoms with Crippen molar-refractivity contribution in [3.63, 3.8) is 0 Å². The second-order valence-electron chi connectivity index (χ2n) is 5.46. The Balaban J connectivity index is 2.12. The number of thioether (sulfide) groups is 1. The van der Waals surface area contributed by atoms with Crippen molar-refractivity contribution in [2.75, 3.05) is 5.75 Å². The molecule has 0 aromatic heterocycles. The van der Waals surface area contributed by atoms with E-state index < -0.39 is 27.8 Å². The Kier molecular flexibility index (Phi) is 4.97. The van der Waals surface area contributed by atoms with Crippen molar-refractivity contribution in [3.05, 3.63) is 54.1 Å². The molecule has 0 saturated carbocycles. The zero-order chi connectivity index (χ0) is 20.0. The van der Waals surface area contributed by atoms with Crippen LogP contribution in [0.25, 0.3) is 10.8 Å². The number of aliphatic hydroxyl groups is 1. The van der Waals surface area contributed by atoms with Crippen LogP contribution in [0.4, 0.5) is 13.2 Å². The molecule has 0 aliphatic carbocycles. The smallest absolute Gasteiger partial charge is 0.367 e. The average Bonchev–Trinajstić information content (AvgIpc) is 2.60. The Morgan fingerprint density at radius 1 is 1.30 bits per heavy atom. The molecule has 0 saturated heterocycles. The minimum atomic E-state index is -6.12. The molecule has 144 valence electrons. The average molecular weight is 419 g/mol. The maximum absolute atomic E-state index is 12.6. The predicted octanol–water partition coefficient (Wildman–Crippen LogP) is 3.35. The van der Waals surface area contributed by atoms with Gasteiger partial charge in [0, 0.05) is 21.6 Å². The van der Waals surface area contributed by atoms with Gasteiger partial charge in [-0.15, -0.1) is 22.6 Å². The lowest BCUT2D eigenvalue weighted by Gasteiger charge is -2.32. The third-order valence-corrected chi connectivity index (χ3v) is 5.78. The van der Waals surface area contributed by atoms with Crippen molar-refractivity contribution in [2.24, 2.45) is 0 Å². The number of alkyl halides is 3. The Morgan fingerprint density at radius 3 is 2.63 bits per heavy atom. The van der Waals surface area contributed by atoms with Gasteiger partial charge in [0.2, 0.25) is 0 Å². The van der Waals surface area contributed by atoms with Crippen LogP contribution in [-0.2, 0) is 14.4 Å². The standard InChI is InChI=1S/C16H12F3NO5S2/c1-2-8-26-12-7-6-11-13-9(12)4-3-5-10(13)14(21)20(15(11)22)25-27(23,24)16(17,18)19/h2-7,14,21H,1,8H2. The van der Waals surface area contributed by atoms with E-state index >= 15 is 0 Å². The second-order valence-corrected chi connectivity index (χ2v) is 8.04. The molecule has 6 nitrogen and oxygen atoms in total. The number of carbonyl (C=O) groups excluding carboxylic acids is 1. The monoisotopic (exact) mass is 419 g/mol. The van der Waals surface area contributed by atoms with Gasteiger partial charge in [-0.2, -0.15) is 26.7 Å². The number of nitrogens with zero attached hydrogens (tertiary/aromatic N) is 1. The zero-order valence-electron chi connectivity index (χ0n) is 13.4. The minimum Gasteiger partial charge on any atom is -0.367 e. The molecule has 1 aliphatic heterocycles. The highest BCUT2D eigenvalue weighted by molar-refractivity contribution is 7.99. The van der Waals surface area contributed by atoms with Crippen LogP contribution in [-0.4, -0.2) is 35.8 Å². The predicted molar refractivity (Wildman–Crippen MR) is 92.1 cm³/mol. The van der Waals surface area contributed by atoms with Gasteiger partial charge < -0.3 is 5.11 Å². The molecule has 1 N–H and O–H groups in total. The molecule has 2 aromatic carbocycles. The lowest BCUT2D eigenvalue weighted by Crippen LogP contribution is -2.42. The molecule has 27 heavy (non-hydrogen) atoms. The van der Waals surface area contributed by atoms with Crippen LogP contribution in [0.1, 0.15) is 22.1 Å². The zero-order valence-corrected chi connectivity index (χ0v) is 15.1. The maximum Gasteiger partial charge on any atom is 0.525 e. The van der Waals surface area contributed by atoms with E-state index in [1.54, 1.807) is 18.2 Å². The summed E-state index contributed by atoms with van der Waals surface area (Å²) in [7, 11) is -6.12. The number of benzene rings is 2. The summed E-state index contributed by atoms with van der Waals surface area (Å²) in [5.74, 6) is -0.617. The number of hydrogen-bond acceptors (Lipinski definition) is 6. The fourth-order valence-corrected chi connectivity index (χ4v) is 3.89. The van der Waals surface area contributed by atoms with E-state index in [-0.39, 0.29) is 16.2 Å². The van der Waals surface area contributed by atoms with Gasteiger partial charge in [-0.3, -0.25) is 4.79 Å². The molecular formula is C16H12F3NO5S2. The normalized spacial score (nSPS) is 17.4. The number of halogens is 3. The summed E-state index contributed by atoms with van der Waals surface area (Å²) in [6, 6.07) is 7.54. The quantitative estimate of drug-likeness (QED) is 0.455. The Bertz CT molecular complexity index is 1040. The summed E-state index contributed by atoms with van der Waals surface area (Å²) in [5.41, 5.74) is -5.77. The lowest BCUT2D eigenvalue weighted by molar-refractivity contribution is -0.151. The molecule has 0 fully saturated rings. The topological polar surface area (TPSA) is 83.9 Å². The van der Waals surface area contributed by atoms with Crippen molar-refractivity contribution in [1.82, 2.24) is 5.06 Å². The van der Waals surface area contributed by atoms with Gasteiger partial charge in [0.25, 0.3) is 5.91 Å². The SMILES string of the molecule is C=CCSc1ccc2c3c(cccc13)C(O)N(OS(=O)(=O)C(F)(F)F)C2=O. The van der Waals surface area contributed by atoms with Crippen molar-refractivity contribution in [1.29, 1.82) is 0 Å². The first-order chi connectivity index (χ1) is 12.6. The van der Waals surface area contributed by atoms with Gasteiger partial charge in [-0.05, 0) is 17.5 Å². The number of rotatable bonds is 5. The summed E-state index contributed by atoms with van der Waals surface area (Å²) in [6.07, 6.45) is -0.344. The summed E-state index contributed by atoms with van der Waals surface area (Å²) in [6.45, 7) is 3.62. The molecule has 1 heterocycles. The van der Waals surface area contributed by atoms with Gasteiger partial charge in [-0.1, -0.05) is 24.3 Å². The van der Waals surface area contributed by atoms with Crippen LogP contribution < -0.4 is 0 Å². The van der Waals surface area contributed by atoms with E-state index in [1.807, 2.05) is 0 Å². The molecule has 11 heteroatoms. The number of amides is 1. The van der Waals surface area contributed by atoms with Gasteiger partial charge in [0.05, 0.1) is 5.56 Å². The second kappa shape index (κ2) is 6.82. The largest absolute Gasteiger partial charge is 0.525 e. The fourth-order valence-electron chi connectivity index (χ4n) is 2.65. The fraction of sp³-hybridized carbons (Fsp3) is 0.188.